The maximum Gasteiger partial charge on any atom is 0.406 e. The van der Waals surface area contributed by atoms with Gasteiger partial charge in [0.1, 0.15) is 18.2 Å². The van der Waals surface area contributed by atoms with Gasteiger partial charge in [0.05, 0.1) is 13.1 Å². The number of hydrogen-bond donors (Lipinski definition) is 0. The van der Waals surface area contributed by atoms with Crippen molar-refractivity contribution in [2.24, 2.45) is 0 Å². The summed E-state index contributed by atoms with van der Waals surface area (Å²) in [5.41, 5.74) is 3.11. The van der Waals surface area contributed by atoms with Crippen LogP contribution in [0.1, 0.15) is 33.1 Å². The van der Waals surface area contributed by atoms with Crippen molar-refractivity contribution in [3.63, 3.8) is 0 Å². The molecule has 0 saturated heterocycles. The topological polar surface area (TPSA) is 43.1 Å². The van der Waals surface area contributed by atoms with Crippen LogP contribution in [0, 0.1) is 26.6 Å². The molecule has 31 heavy (non-hydrogen) atoms. The smallest absolute Gasteiger partial charge is 0.325 e. The Morgan fingerprint density at radius 3 is 2.52 bits per heavy atom. The van der Waals surface area contributed by atoms with Crippen LogP contribution in [0.4, 0.5) is 17.6 Å². The molecule has 0 N–H and O–H groups in total. The number of imidazole rings is 1. The van der Waals surface area contributed by atoms with E-state index in [9.17, 15) is 22.4 Å². The number of aromatic nitrogens is 3. The zero-order valence-electron chi connectivity index (χ0n) is 17.8. The first-order valence-electron chi connectivity index (χ1n) is 9.70. The fraction of sp³-hybridized carbons (Fsp3) is 0.364. The lowest BCUT2D eigenvalue weighted by Gasteiger charge is -2.17. The first-order chi connectivity index (χ1) is 14.5. The molecule has 9 heteroatoms. The number of hydrogen-bond acceptors (Lipinski definition) is 3. The molecule has 166 valence electrons. The van der Waals surface area contributed by atoms with Gasteiger partial charge >= 0.3 is 6.18 Å². The summed E-state index contributed by atoms with van der Waals surface area (Å²) in [6.07, 6.45) is -1.77. The van der Waals surface area contributed by atoms with E-state index < -0.39 is 12.7 Å². The van der Waals surface area contributed by atoms with Gasteiger partial charge < -0.3 is 9.13 Å². The van der Waals surface area contributed by atoms with E-state index in [1.165, 1.54) is 18.5 Å². The maximum atomic E-state index is 14.0. The van der Waals surface area contributed by atoms with Crippen molar-refractivity contribution in [2.75, 3.05) is 13.6 Å². The number of ketones is 1. The normalized spacial score (nSPS) is 12.0. The van der Waals surface area contributed by atoms with Gasteiger partial charge in [0.2, 0.25) is 0 Å². The van der Waals surface area contributed by atoms with E-state index in [0.717, 1.165) is 10.3 Å². The Kier molecular flexibility index (Phi) is 6.35. The van der Waals surface area contributed by atoms with E-state index in [2.05, 4.69) is 4.98 Å². The summed E-state index contributed by atoms with van der Waals surface area (Å²) in [4.78, 5) is 18.5. The van der Waals surface area contributed by atoms with E-state index in [1.807, 2.05) is 11.5 Å². The van der Waals surface area contributed by atoms with E-state index in [-0.39, 0.29) is 30.5 Å². The second kappa shape index (κ2) is 8.66. The van der Waals surface area contributed by atoms with Gasteiger partial charge in [0.25, 0.3) is 0 Å². The molecule has 0 spiro atoms. The predicted octanol–water partition coefficient (Wildman–Crippen LogP) is 4.62. The molecule has 0 saturated carbocycles. The van der Waals surface area contributed by atoms with Crippen LogP contribution in [0.2, 0.25) is 0 Å². The second-order valence-electron chi connectivity index (χ2n) is 7.74. The number of Topliss-reactive ketones (excluding diaryl/α,β-unsaturated/α-hetero) is 1. The number of carbonyl (C=O) groups is 1. The van der Waals surface area contributed by atoms with Crippen LogP contribution in [0.3, 0.4) is 0 Å². The SMILES string of the molecule is Cc1ccc(-n2c(C)cc(C(=O)CN(C)Cc3nccn3CC(F)(F)F)c2C)cc1F. The molecular formula is C22H24F4N4O. The van der Waals surface area contributed by atoms with Crippen molar-refractivity contribution >= 4 is 5.78 Å². The average molecular weight is 436 g/mol. The van der Waals surface area contributed by atoms with Gasteiger partial charge in [-0.3, -0.25) is 9.69 Å². The summed E-state index contributed by atoms with van der Waals surface area (Å²) in [5.74, 6) is -0.274. The number of alkyl halides is 3. The van der Waals surface area contributed by atoms with Crippen molar-refractivity contribution in [1.82, 2.24) is 19.0 Å². The van der Waals surface area contributed by atoms with Crippen molar-refractivity contribution in [2.45, 2.75) is 40.0 Å². The highest BCUT2D eigenvalue weighted by Crippen LogP contribution is 2.23. The minimum atomic E-state index is -4.35. The van der Waals surface area contributed by atoms with Crippen LogP contribution in [0.25, 0.3) is 5.69 Å². The van der Waals surface area contributed by atoms with Crippen LogP contribution >= 0.6 is 0 Å². The molecule has 0 unspecified atom stereocenters. The third-order valence-electron chi connectivity index (χ3n) is 5.12. The molecule has 0 bridgehead atoms. The number of carbonyl (C=O) groups excluding carboxylic acids is 1. The summed E-state index contributed by atoms with van der Waals surface area (Å²) >= 11 is 0. The first kappa shape index (κ1) is 22.7. The molecule has 0 atom stereocenters. The standard InChI is InChI=1S/C22H24F4N4O/c1-14-5-6-17(10-19(14)23)30-15(2)9-18(16(30)3)20(31)11-28(4)12-21-27-7-8-29(21)13-22(24,25)26/h5-10H,11-13H2,1-4H3. The molecular weight excluding hydrogens is 412 g/mol. The molecule has 1 aromatic carbocycles. The first-order valence-corrected chi connectivity index (χ1v) is 9.70. The summed E-state index contributed by atoms with van der Waals surface area (Å²) in [5, 5.41) is 0. The van der Waals surface area contributed by atoms with Crippen LogP contribution in [-0.2, 0) is 13.1 Å². The number of likely N-dealkylation sites (N-methyl/N-ethyl adjacent to an activating group) is 1. The summed E-state index contributed by atoms with van der Waals surface area (Å²) in [7, 11) is 1.65. The fourth-order valence-electron chi connectivity index (χ4n) is 3.62. The van der Waals surface area contributed by atoms with Crippen LogP contribution < -0.4 is 0 Å². The summed E-state index contributed by atoms with van der Waals surface area (Å²) < 4.78 is 54.9. The van der Waals surface area contributed by atoms with Crippen LogP contribution in [0.5, 0.6) is 0 Å². The third kappa shape index (κ3) is 5.22. The highest BCUT2D eigenvalue weighted by atomic mass is 19.4. The van der Waals surface area contributed by atoms with E-state index in [1.54, 1.807) is 44.0 Å². The molecule has 0 amide bonds. The quantitative estimate of drug-likeness (QED) is 0.401. The molecule has 0 aliphatic carbocycles. The Morgan fingerprint density at radius 2 is 1.87 bits per heavy atom. The molecule has 3 rings (SSSR count). The third-order valence-corrected chi connectivity index (χ3v) is 5.12. The fourth-order valence-corrected chi connectivity index (χ4v) is 3.62. The van der Waals surface area contributed by atoms with Crippen molar-refractivity contribution < 1.29 is 22.4 Å². The zero-order valence-corrected chi connectivity index (χ0v) is 17.8. The molecule has 0 radical (unpaired) electrons. The lowest BCUT2D eigenvalue weighted by atomic mass is 10.1. The second-order valence-corrected chi connectivity index (χ2v) is 7.74. The number of nitrogens with zero attached hydrogens (tertiary/aromatic N) is 4. The minimum absolute atomic E-state index is 0.00539. The molecule has 5 nitrogen and oxygen atoms in total. The van der Waals surface area contributed by atoms with Gasteiger partial charge in [-0.05, 0) is 51.6 Å². The number of rotatable bonds is 7. The Balaban J connectivity index is 1.76. The molecule has 2 aromatic heterocycles. The van der Waals surface area contributed by atoms with Gasteiger partial charge in [0.15, 0.2) is 5.78 Å². The van der Waals surface area contributed by atoms with E-state index >= 15 is 0 Å². The average Bonchev–Trinajstić information content (AvgIpc) is 3.19. The van der Waals surface area contributed by atoms with Crippen molar-refractivity contribution in [1.29, 1.82) is 0 Å². The van der Waals surface area contributed by atoms with Gasteiger partial charge in [-0.25, -0.2) is 9.37 Å². The maximum absolute atomic E-state index is 14.0. The van der Waals surface area contributed by atoms with Gasteiger partial charge in [-0.2, -0.15) is 13.2 Å². The Bertz CT molecular complexity index is 1100. The van der Waals surface area contributed by atoms with Crippen molar-refractivity contribution in [3.8, 4) is 5.69 Å². The molecule has 2 heterocycles. The van der Waals surface area contributed by atoms with Gasteiger partial charge in [-0.1, -0.05) is 6.07 Å². The number of halogens is 4. The number of aryl methyl sites for hydroxylation is 2. The highest BCUT2D eigenvalue weighted by Gasteiger charge is 2.29. The van der Waals surface area contributed by atoms with Gasteiger partial charge in [0, 0.05) is 35.0 Å². The largest absolute Gasteiger partial charge is 0.406 e. The molecule has 3 aromatic rings. The van der Waals surface area contributed by atoms with Gasteiger partial charge in [-0.15, -0.1) is 0 Å². The monoisotopic (exact) mass is 436 g/mol. The van der Waals surface area contributed by atoms with Crippen LogP contribution in [0.15, 0.2) is 36.7 Å². The summed E-state index contributed by atoms with van der Waals surface area (Å²) in [6.45, 7) is 4.27. The highest BCUT2D eigenvalue weighted by molar-refractivity contribution is 5.99. The lowest BCUT2D eigenvalue weighted by molar-refractivity contribution is -0.141. The Labute approximate surface area is 177 Å². The van der Waals surface area contributed by atoms with E-state index in [4.69, 9.17) is 0 Å². The molecule has 0 aliphatic heterocycles. The predicted molar refractivity (Wildman–Crippen MR) is 109 cm³/mol. The van der Waals surface area contributed by atoms with Crippen LogP contribution in [-0.4, -0.2) is 44.6 Å². The Morgan fingerprint density at radius 1 is 1.16 bits per heavy atom. The number of benzene rings is 1. The summed E-state index contributed by atoms with van der Waals surface area (Å²) in [6, 6.07) is 6.64. The van der Waals surface area contributed by atoms with E-state index in [0.29, 0.717) is 22.5 Å². The molecule has 0 aliphatic rings. The van der Waals surface area contributed by atoms with Crippen molar-refractivity contribution in [3.05, 3.63) is 70.8 Å². The lowest BCUT2D eigenvalue weighted by Crippen LogP contribution is -2.28. The molecule has 0 fully saturated rings. The Hall–Kier alpha value is -2.94. The minimum Gasteiger partial charge on any atom is -0.325 e. The zero-order chi connectivity index (χ0) is 22.9.